The van der Waals surface area contributed by atoms with Gasteiger partial charge in [-0.15, -0.1) is 0 Å². The van der Waals surface area contributed by atoms with E-state index in [9.17, 15) is 4.79 Å². The highest BCUT2D eigenvalue weighted by Crippen LogP contribution is 2.36. The average molecular weight is 462 g/mol. The molecule has 0 spiro atoms. The van der Waals surface area contributed by atoms with Crippen molar-refractivity contribution in [1.82, 2.24) is 9.97 Å². The second kappa shape index (κ2) is 9.07. The van der Waals surface area contributed by atoms with Crippen molar-refractivity contribution in [3.8, 4) is 17.2 Å². The van der Waals surface area contributed by atoms with Crippen LogP contribution in [0.1, 0.15) is 19.5 Å². The van der Waals surface area contributed by atoms with Crippen LogP contribution < -0.4 is 19.1 Å². The van der Waals surface area contributed by atoms with Crippen LogP contribution in [0.2, 0.25) is 0 Å². The minimum Gasteiger partial charge on any atom is -0.494 e. The number of ether oxygens (including phenoxy) is 3. The summed E-state index contributed by atoms with van der Waals surface area (Å²) in [6.07, 6.45) is 0.441. The van der Waals surface area contributed by atoms with Gasteiger partial charge in [0.1, 0.15) is 11.9 Å². The Morgan fingerprint density at radius 3 is 2.64 bits per heavy atom. The minimum atomic E-state index is -0.811. The van der Waals surface area contributed by atoms with Crippen molar-refractivity contribution in [3.05, 3.63) is 72.6 Å². The first-order valence-electron chi connectivity index (χ1n) is 10.8. The van der Waals surface area contributed by atoms with Gasteiger partial charge in [0, 0.05) is 6.20 Å². The van der Waals surface area contributed by atoms with Crippen molar-refractivity contribution < 1.29 is 19.0 Å². The maximum absolute atomic E-state index is 13.8. The SMILES string of the molecule is CCOc1ccc2nc(N(Cc3ccccn3)C(=O)C3Oc4ccccc4OC3C)sc2c1. The molecule has 33 heavy (non-hydrogen) atoms. The monoisotopic (exact) mass is 461 g/mol. The molecule has 2 atom stereocenters. The number of benzene rings is 2. The third-order valence-corrected chi connectivity index (χ3v) is 6.33. The molecule has 168 valence electrons. The van der Waals surface area contributed by atoms with Gasteiger partial charge in [0.2, 0.25) is 6.10 Å². The maximum Gasteiger partial charge on any atom is 0.274 e. The highest BCUT2D eigenvalue weighted by Gasteiger charge is 2.38. The molecule has 0 aliphatic carbocycles. The normalized spacial score (nSPS) is 17.0. The van der Waals surface area contributed by atoms with E-state index in [2.05, 4.69) is 4.98 Å². The van der Waals surface area contributed by atoms with Gasteiger partial charge in [0.15, 0.2) is 16.6 Å². The zero-order chi connectivity index (χ0) is 22.8. The number of carbonyl (C=O) groups excluding carboxylic acids is 1. The average Bonchev–Trinajstić information content (AvgIpc) is 3.25. The Labute approximate surface area is 195 Å². The summed E-state index contributed by atoms with van der Waals surface area (Å²) in [6, 6.07) is 18.7. The van der Waals surface area contributed by atoms with Crippen molar-refractivity contribution in [2.45, 2.75) is 32.6 Å². The van der Waals surface area contributed by atoms with Crippen molar-refractivity contribution >= 4 is 32.6 Å². The molecular weight excluding hydrogens is 438 g/mol. The molecule has 0 bridgehead atoms. The smallest absolute Gasteiger partial charge is 0.274 e. The van der Waals surface area contributed by atoms with E-state index in [0.717, 1.165) is 21.7 Å². The van der Waals surface area contributed by atoms with Gasteiger partial charge in [0.05, 0.1) is 29.1 Å². The Balaban J connectivity index is 1.51. The van der Waals surface area contributed by atoms with Gasteiger partial charge in [-0.2, -0.15) is 0 Å². The lowest BCUT2D eigenvalue weighted by Gasteiger charge is -2.33. The Hall–Kier alpha value is -3.65. The molecule has 2 aromatic heterocycles. The number of fused-ring (bicyclic) bond motifs is 2. The van der Waals surface area contributed by atoms with Gasteiger partial charge in [0.25, 0.3) is 5.91 Å². The van der Waals surface area contributed by atoms with E-state index in [4.69, 9.17) is 19.2 Å². The van der Waals surface area contributed by atoms with E-state index in [-0.39, 0.29) is 12.5 Å². The zero-order valence-electron chi connectivity index (χ0n) is 18.3. The number of para-hydroxylation sites is 2. The molecule has 0 saturated carbocycles. The second-order valence-corrected chi connectivity index (χ2v) is 8.62. The van der Waals surface area contributed by atoms with E-state index in [1.807, 2.05) is 68.4 Å². The molecule has 5 rings (SSSR count). The molecule has 1 aliphatic rings. The Bertz CT molecular complexity index is 1280. The van der Waals surface area contributed by atoms with E-state index < -0.39 is 12.2 Å². The van der Waals surface area contributed by atoms with Crippen LogP contribution >= 0.6 is 11.3 Å². The van der Waals surface area contributed by atoms with Gasteiger partial charge in [-0.05, 0) is 56.3 Å². The number of hydrogen-bond acceptors (Lipinski definition) is 7. The summed E-state index contributed by atoms with van der Waals surface area (Å²) in [5.74, 6) is 1.73. The van der Waals surface area contributed by atoms with E-state index >= 15 is 0 Å². The van der Waals surface area contributed by atoms with Crippen LogP contribution in [0.25, 0.3) is 10.2 Å². The fourth-order valence-corrected chi connectivity index (χ4v) is 4.70. The van der Waals surface area contributed by atoms with Crippen LogP contribution in [0.3, 0.4) is 0 Å². The van der Waals surface area contributed by atoms with Gasteiger partial charge < -0.3 is 14.2 Å². The van der Waals surface area contributed by atoms with Crippen molar-refractivity contribution in [2.75, 3.05) is 11.5 Å². The van der Waals surface area contributed by atoms with E-state index in [1.54, 1.807) is 17.2 Å². The van der Waals surface area contributed by atoms with E-state index in [0.29, 0.717) is 23.2 Å². The summed E-state index contributed by atoms with van der Waals surface area (Å²) < 4.78 is 18.6. The minimum absolute atomic E-state index is 0.230. The molecule has 0 fully saturated rings. The molecule has 1 aliphatic heterocycles. The molecule has 2 unspecified atom stereocenters. The molecule has 3 heterocycles. The number of amides is 1. The van der Waals surface area contributed by atoms with Crippen LogP contribution in [0.15, 0.2) is 66.9 Å². The van der Waals surface area contributed by atoms with Crippen LogP contribution in [0, 0.1) is 0 Å². The lowest BCUT2D eigenvalue weighted by atomic mass is 10.1. The zero-order valence-corrected chi connectivity index (χ0v) is 19.1. The Morgan fingerprint density at radius 1 is 1.09 bits per heavy atom. The molecule has 0 N–H and O–H groups in total. The van der Waals surface area contributed by atoms with Crippen molar-refractivity contribution in [3.63, 3.8) is 0 Å². The van der Waals surface area contributed by atoms with E-state index in [1.165, 1.54) is 11.3 Å². The first kappa shape index (κ1) is 21.2. The number of anilines is 1. The molecular formula is C25H23N3O4S. The molecule has 2 aromatic carbocycles. The van der Waals surface area contributed by atoms with Gasteiger partial charge >= 0.3 is 0 Å². The van der Waals surface area contributed by atoms with Crippen molar-refractivity contribution in [1.29, 1.82) is 0 Å². The highest BCUT2D eigenvalue weighted by molar-refractivity contribution is 7.22. The summed E-state index contributed by atoms with van der Waals surface area (Å²) in [4.78, 5) is 24.6. The predicted molar refractivity (Wildman–Crippen MR) is 127 cm³/mol. The number of thiazole rings is 1. The number of carbonyl (C=O) groups is 1. The quantitative estimate of drug-likeness (QED) is 0.409. The summed E-state index contributed by atoms with van der Waals surface area (Å²) in [5.41, 5.74) is 1.56. The Morgan fingerprint density at radius 2 is 1.88 bits per heavy atom. The molecule has 8 heteroatoms. The summed E-state index contributed by atoms with van der Waals surface area (Å²) in [7, 11) is 0. The first-order valence-corrected chi connectivity index (χ1v) is 11.6. The molecule has 4 aromatic rings. The summed E-state index contributed by atoms with van der Waals surface area (Å²) in [6.45, 7) is 4.64. The summed E-state index contributed by atoms with van der Waals surface area (Å²) in [5, 5.41) is 0.573. The molecule has 0 saturated heterocycles. The van der Waals surface area contributed by atoms with Crippen molar-refractivity contribution in [2.24, 2.45) is 0 Å². The van der Waals surface area contributed by atoms with Crippen LogP contribution in [0.5, 0.6) is 17.2 Å². The lowest BCUT2D eigenvalue weighted by Crippen LogP contribution is -2.50. The molecule has 1 amide bonds. The third-order valence-electron chi connectivity index (χ3n) is 5.29. The predicted octanol–water partition coefficient (Wildman–Crippen LogP) is 4.85. The van der Waals surface area contributed by atoms with Gasteiger partial charge in [-0.25, -0.2) is 4.98 Å². The fourth-order valence-electron chi connectivity index (χ4n) is 3.70. The number of nitrogens with zero attached hydrogens (tertiary/aromatic N) is 3. The first-order chi connectivity index (χ1) is 16.1. The number of hydrogen-bond donors (Lipinski definition) is 0. The van der Waals surface area contributed by atoms with Gasteiger partial charge in [-0.1, -0.05) is 29.5 Å². The molecule has 7 nitrogen and oxygen atoms in total. The van der Waals surface area contributed by atoms with Crippen LogP contribution in [-0.4, -0.2) is 34.7 Å². The second-order valence-electron chi connectivity index (χ2n) is 7.61. The maximum atomic E-state index is 13.8. The third kappa shape index (κ3) is 4.34. The standard InChI is InChI=1S/C25H23N3O4S/c1-3-30-18-11-12-19-22(14-18)33-25(27-19)28(15-17-8-6-7-13-26-17)24(29)23-16(2)31-20-9-4-5-10-21(20)32-23/h4-14,16,23H,3,15H2,1-2H3. The molecule has 0 radical (unpaired) electrons. The van der Waals surface area contributed by atoms with Crippen LogP contribution in [0.4, 0.5) is 5.13 Å². The highest BCUT2D eigenvalue weighted by atomic mass is 32.1. The Kier molecular flexibility index (Phi) is 5.83. The fraction of sp³-hybridized carbons (Fsp3) is 0.240. The number of aromatic nitrogens is 2. The largest absolute Gasteiger partial charge is 0.494 e. The summed E-state index contributed by atoms with van der Waals surface area (Å²) >= 11 is 1.43. The number of rotatable bonds is 6. The lowest BCUT2D eigenvalue weighted by molar-refractivity contribution is -0.130. The topological polar surface area (TPSA) is 73.8 Å². The number of pyridine rings is 1. The van der Waals surface area contributed by atoms with Crippen LogP contribution in [-0.2, 0) is 11.3 Å². The van der Waals surface area contributed by atoms with Gasteiger partial charge in [-0.3, -0.25) is 14.7 Å².